The molecule has 1 atom stereocenters. The van der Waals surface area contributed by atoms with Crippen LogP contribution in [0.3, 0.4) is 0 Å². The largest absolute Gasteiger partial charge is 0.336 e. The van der Waals surface area contributed by atoms with Crippen LogP contribution in [-0.4, -0.2) is 22.8 Å². The summed E-state index contributed by atoms with van der Waals surface area (Å²) in [5.74, 6) is -1.89. The molecule has 0 N–H and O–H groups in total. The third-order valence-corrected chi connectivity index (χ3v) is 4.07. The highest BCUT2D eigenvalue weighted by atomic mass is 16.7. The zero-order valence-corrected chi connectivity index (χ0v) is 12.5. The first-order valence-electron chi connectivity index (χ1n) is 7.20. The topological polar surface area (TPSA) is 63.7 Å². The molecule has 1 aliphatic heterocycles. The van der Waals surface area contributed by atoms with Crippen molar-refractivity contribution in [3.63, 3.8) is 0 Å². The van der Waals surface area contributed by atoms with Crippen molar-refractivity contribution in [1.29, 1.82) is 0 Å². The van der Waals surface area contributed by atoms with E-state index in [1.54, 1.807) is 31.2 Å². The molecule has 1 aromatic carbocycles. The van der Waals surface area contributed by atoms with Crippen LogP contribution in [0.25, 0.3) is 0 Å². The fourth-order valence-corrected chi connectivity index (χ4v) is 2.61. The molecule has 21 heavy (non-hydrogen) atoms. The van der Waals surface area contributed by atoms with Crippen molar-refractivity contribution in [2.45, 2.75) is 33.6 Å². The van der Waals surface area contributed by atoms with Gasteiger partial charge in [0.05, 0.1) is 17.0 Å². The van der Waals surface area contributed by atoms with Gasteiger partial charge in [0, 0.05) is 0 Å². The first-order valence-corrected chi connectivity index (χ1v) is 7.20. The van der Waals surface area contributed by atoms with Crippen molar-refractivity contribution in [3.05, 3.63) is 35.4 Å². The minimum atomic E-state index is -0.583. The van der Waals surface area contributed by atoms with Gasteiger partial charge in [0.1, 0.15) is 0 Å². The zero-order valence-electron chi connectivity index (χ0n) is 12.5. The number of hydroxylamine groups is 2. The summed E-state index contributed by atoms with van der Waals surface area (Å²) in [6.07, 6.45) is 1.68. The molecule has 0 spiro atoms. The van der Waals surface area contributed by atoms with Crippen molar-refractivity contribution in [1.82, 2.24) is 5.06 Å². The Morgan fingerprint density at radius 1 is 1.10 bits per heavy atom. The Kier molecular flexibility index (Phi) is 4.40. The van der Waals surface area contributed by atoms with Gasteiger partial charge >= 0.3 is 5.97 Å². The van der Waals surface area contributed by atoms with E-state index >= 15 is 0 Å². The quantitative estimate of drug-likeness (QED) is 0.782. The number of carbonyl (C=O) groups excluding carboxylic acids is 3. The van der Waals surface area contributed by atoms with Crippen molar-refractivity contribution < 1.29 is 19.2 Å². The summed E-state index contributed by atoms with van der Waals surface area (Å²) in [4.78, 5) is 41.4. The molecule has 1 unspecified atom stereocenters. The van der Waals surface area contributed by atoms with Gasteiger partial charge < -0.3 is 4.84 Å². The number of imide groups is 1. The van der Waals surface area contributed by atoms with Gasteiger partial charge in [-0.2, -0.15) is 0 Å². The molecule has 0 saturated carbocycles. The SMILES string of the molecule is CCC(CC)C(C)C(=O)ON1C(=O)c2ccccc2C1=O. The molecule has 0 radical (unpaired) electrons. The maximum Gasteiger partial charge on any atom is 0.336 e. The van der Waals surface area contributed by atoms with Crippen LogP contribution in [0.15, 0.2) is 24.3 Å². The van der Waals surface area contributed by atoms with Crippen LogP contribution in [0, 0.1) is 11.8 Å². The van der Waals surface area contributed by atoms with Gasteiger partial charge in [-0.3, -0.25) is 9.59 Å². The molecule has 1 heterocycles. The van der Waals surface area contributed by atoms with Crippen molar-refractivity contribution in [3.8, 4) is 0 Å². The molecule has 5 heteroatoms. The Hall–Kier alpha value is -2.17. The second kappa shape index (κ2) is 6.08. The molecule has 1 aliphatic rings. The second-order valence-electron chi connectivity index (χ2n) is 5.23. The van der Waals surface area contributed by atoms with E-state index in [2.05, 4.69) is 0 Å². The summed E-state index contributed by atoms with van der Waals surface area (Å²) in [7, 11) is 0. The Morgan fingerprint density at radius 2 is 1.57 bits per heavy atom. The number of nitrogens with zero attached hydrogens (tertiary/aromatic N) is 1. The van der Waals surface area contributed by atoms with Crippen LogP contribution in [0.2, 0.25) is 0 Å². The number of benzene rings is 1. The molecule has 0 fully saturated rings. The third-order valence-electron chi connectivity index (χ3n) is 4.07. The second-order valence-corrected chi connectivity index (χ2v) is 5.23. The summed E-state index contributed by atoms with van der Waals surface area (Å²) in [6, 6.07) is 6.44. The highest BCUT2D eigenvalue weighted by molar-refractivity contribution is 6.20. The molecule has 2 amide bonds. The lowest BCUT2D eigenvalue weighted by molar-refractivity contribution is -0.175. The van der Waals surface area contributed by atoms with Crippen LogP contribution >= 0.6 is 0 Å². The molecule has 0 saturated heterocycles. The maximum absolute atomic E-state index is 12.1. The van der Waals surface area contributed by atoms with E-state index in [4.69, 9.17) is 4.84 Å². The van der Waals surface area contributed by atoms with Crippen LogP contribution in [0.5, 0.6) is 0 Å². The summed E-state index contributed by atoms with van der Waals surface area (Å²) >= 11 is 0. The molecular weight excluding hydrogens is 270 g/mol. The van der Waals surface area contributed by atoms with Gasteiger partial charge in [-0.05, 0) is 18.1 Å². The number of rotatable bonds is 5. The fraction of sp³-hybridized carbons (Fsp3) is 0.438. The van der Waals surface area contributed by atoms with Crippen LogP contribution in [0.4, 0.5) is 0 Å². The van der Waals surface area contributed by atoms with Gasteiger partial charge in [-0.1, -0.05) is 50.8 Å². The molecule has 0 bridgehead atoms. The average molecular weight is 289 g/mol. The highest BCUT2D eigenvalue weighted by Crippen LogP contribution is 2.25. The van der Waals surface area contributed by atoms with E-state index < -0.39 is 17.8 Å². The number of fused-ring (bicyclic) bond motifs is 1. The third kappa shape index (κ3) is 2.68. The summed E-state index contributed by atoms with van der Waals surface area (Å²) in [5.41, 5.74) is 0.538. The fourth-order valence-electron chi connectivity index (χ4n) is 2.61. The van der Waals surface area contributed by atoms with E-state index in [1.165, 1.54) is 0 Å². The maximum atomic E-state index is 12.1. The van der Waals surface area contributed by atoms with E-state index in [0.717, 1.165) is 12.8 Å². The van der Waals surface area contributed by atoms with E-state index in [0.29, 0.717) is 5.06 Å². The number of hydrogen-bond acceptors (Lipinski definition) is 4. The van der Waals surface area contributed by atoms with Crippen molar-refractivity contribution >= 4 is 17.8 Å². The number of carbonyl (C=O) groups is 3. The molecular formula is C16H19NO4. The van der Waals surface area contributed by atoms with Crippen LogP contribution in [0.1, 0.15) is 54.3 Å². The Balaban J connectivity index is 2.13. The van der Waals surface area contributed by atoms with Gasteiger partial charge in [0.25, 0.3) is 11.8 Å². The first-order chi connectivity index (χ1) is 10.0. The Morgan fingerprint density at radius 3 is 2.00 bits per heavy atom. The van der Waals surface area contributed by atoms with Gasteiger partial charge in [0.15, 0.2) is 0 Å². The van der Waals surface area contributed by atoms with E-state index in [1.807, 2.05) is 13.8 Å². The van der Waals surface area contributed by atoms with Gasteiger partial charge in [-0.15, -0.1) is 0 Å². The summed E-state index contributed by atoms with van der Waals surface area (Å²) in [5, 5.41) is 0.575. The molecule has 2 rings (SSSR count). The van der Waals surface area contributed by atoms with Crippen LogP contribution in [-0.2, 0) is 9.63 Å². The molecule has 1 aromatic rings. The van der Waals surface area contributed by atoms with Gasteiger partial charge in [0.2, 0.25) is 0 Å². The Labute approximate surface area is 123 Å². The number of amides is 2. The van der Waals surface area contributed by atoms with Crippen molar-refractivity contribution in [2.24, 2.45) is 11.8 Å². The summed E-state index contributed by atoms with van der Waals surface area (Å²) in [6.45, 7) is 5.76. The standard InChI is InChI=1S/C16H19NO4/c1-4-11(5-2)10(3)16(20)21-17-14(18)12-8-6-7-9-13(12)15(17)19/h6-11H,4-5H2,1-3H3. The van der Waals surface area contributed by atoms with Crippen LogP contribution < -0.4 is 0 Å². The molecule has 0 aliphatic carbocycles. The lowest BCUT2D eigenvalue weighted by Crippen LogP contribution is -2.36. The molecule has 0 aromatic heterocycles. The lowest BCUT2D eigenvalue weighted by atomic mass is 9.89. The molecule has 5 nitrogen and oxygen atoms in total. The smallest absolute Gasteiger partial charge is 0.329 e. The predicted octanol–water partition coefficient (Wildman–Crippen LogP) is 2.81. The van der Waals surface area contributed by atoms with Crippen molar-refractivity contribution in [2.75, 3.05) is 0 Å². The summed E-state index contributed by atoms with van der Waals surface area (Å²) < 4.78 is 0. The first kappa shape index (κ1) is 15.2. The normalized spacial score (nSPS) is 15.3. The minimum Gasteiger partial charge on any atom is -0.329 e. The number of hydrogen-bond donors (Lipinski definition) is 0. The molecule has 112 valence electrons. The highest BCUT2D eigenvalue weighted by Gasteiger charge is 2.39. The monoisotopic (exact) mass is 289 g/mol. The Bertz CT molecular complexity index is 542. The zero-order chi connectivity index (χ0) is 15.6. The van der Waals surface area contributed by atoms with E-state index in [-0.39, 0.29) is 23.0 Å². The average Bonchev–Trinajstić information content (AvgIpc) is 2.74. The van der Waals surface area contributed by atoms with E-state index in [9.17, 15) is 14.4 Å². The van der Waals surface area contributed by atoms with Gasteiger partial charge in [-0.25, -0.2) is 4.79 Å². The lowest BCUT2D eigenvalue weighted by Gasteiger charge is -2.21. The minimum absolute atomic E-state index is 0.174. The predicted molar refractivity (Wildman–Crippen MR) is 76.3 cm³/mol.